The van der Waals surface area contributed by atoms with Crippen LogP contribution in [0.1, 0.15) is 40.3 Å². The number of halogens is 1. The van der Waals surface area contributed by atoms with Crippen molar-refractivity contribution in [3.05, 3.63) is 39.9 Å². The van der Waals surface area contributed by atoms with Gasteiger partial charge in [-0.25, -0.2) is 4.98 Å². The van der Waals surface area contributed by atoms with Gasteiger partial charge in [0.15, 0.2) is 0 Å². The second-order valence-corrected chi connectivity index (χ2v) is 4.93. The summed E-state index contributed by atoms with van der Waals surface area (Å²) in [6.45, 7) is 5.49. The summed E-state index contributed by atoms with van der Waals surface area (Å²) < 4.78 is 5.09. The van der Waals surface area contributed by atoms with Crippen molar-refractivity contribution in [2.75, 3.05) is 5.73 Å². The number of nitrogen functional groups attached to an aromatic ring is 1. The zero-order valence-corrected chi connectivity index (χ0v) is 12.2. The van der Waals surface area contributed by atoms with Gasteiger partial charge in [-0.3, -0.25) is 4.79 Å². The molecule has 2 heterocycles. The molecule has 0 aliphatic carbocycles. The maximum atomic E-state index is 12.1. The molecular formula is C13H15ClN4O2. The molecular weight excluding hydrogens is 280 g/mol. The lowest BCUT2D eigenvalue weighted by atomic mass is 10.1. The van der Waals surface area contributed by atoms with Gasteiger partial charge in [-0.15, -0.1) is 0 Å². The fourth-order valence-corrected chi connectivity index (χ4v) is 2.20. The second kappa shape index (κ2) is 5.50. The van der Waals surface area contributed by atoms with Crippen LogP contribution in [0.4, 0.5) is 5.82 Å². The van der Waals surface area contributed by atoms with Crippen molar-refractivity contribution < 1.29 is 9.32 Å². The van der Waals surface area contributed by atoms with Gasteiger partial charge < -0.3 is 15.6 Å². The highest BCUT2D eigenvalue weighted by Crippen LogP contribution is 2.22. The van der Waals surface area contributed by atoms with Crippen molar-refractivity contribution >= 4 is 23.3 Å². The minimum atomic E-state index is -0.285. The summed E-state index contributed by atoms with van der Waals surface area (Å²) in [4.78, 5) is 16.0. The summed E-state index contributed by atoms with van der Waals surface area (Å²) in [6.07, 6.45) is 1.39. The predicted molar refractivity (Wildman–Crippen MR) is 75.5 cm³/mol. The molecule has 0 spiro atoms. The van der Waals surface area contributed by atoms with Crippen molar-refractivity contribution in [2.45, 2.75) is 26.8 Å². The number of amides is 1. The van der Waals surface area contributed by atoms with Crippen LogP contribution in [-0.2, 0) is 0 Å². The van der Waals surface area contributed by atoms with E-state index in [9.17, 15) is 4.79 Å². The fourth-order valence-electron chi connectivity index (χ4n) is 2.03. The summed E-state index contributed by atoms with van der Waals surface area (Å²) in [5, 5.41) is 6.97. The molecule has 1 unspecified atom stereocenters. The Bertz CT molecular complexity index is 634. The van der Waals surface area contributed by atoms with Crippen LogP contribution < -0.4 is 11.1 Å². The van der Waals surface area contributed by atoms with Crippen molar-refractivity contribution in [1.82, 2.24) is 15.5 Å². The Labute approximate surface area is 121 Å². The average Bonchev–Trinajstić information content (AvgIpc) is 2.72. The number of carbonyl (C=O) groups excluding carboxylic acids is 1. The fraction of sp³-hybridized carbons (Fsp3) is 0.308. The van der Waals surface area contributed by atoms with Crippen molar-refractivity contribution in [2.24, 2.45) is 0 Å². The first-order valence-corrected chi connectivity index (χ1v) is 6.42. The van der Waals surface area contributed by atoms with Crippen LogP contribution in [-0.4, -0.2) is 16.0 Å². The smallest absolute Gasteiger partial charge is 0.253 e. The van der Waals surface area contributed by atoms with Gasteiger partial charge in [0.25, 0.3) is 5.91 Å². The zero-order chi connectivity index (χ0) is 14.9. The van der Waals surface area contributed by atoms with Gasteiger partial charge in [-0.1, -0.05) is 16.8 Å². The number of pyridine rings is 1. The van der Waals surface area contributed by atoms with Gasteiger partial charge in [0.2, 0.25) is 0 Å². The molecule has 0 aromatic carbocycles. The Morgan fingerprint density at radius 3 is 2.75 bits per heavy atom. The SMILES string of the molecule is Cc1noc(C)c1C(C)NC(=O)c1cnc(N)c(Cl)c1. The van der Waals surface area contributed by atoms with E-state index < -0.39 is 0 Å². The van der Waals surface area contributed by atoms with E-state index in [0.717, 1.165) is 11.3 Å². The zero-order valence-electron chi connectivity index (χ0n) is 11.4. The van der Waals surface area contributed by atoms with Crippen molar-refractivity contribution in [3.8, 4) is 0 Å². The third kappa shape index (κ3) is 2.75. The molecule has 0 saturated heterocycles. The van der Waals surface area contributed by atoms with E-state index >= 15 is 0 Å². The first-order valence-electron chi connectivity index (χ1n) is 6.04. The number of rotatable bonds is 3. The number of hydrogen-bond acceptors (Lipinski definition) is 5. The molecule has 1 atom stereocenters. The Hall–Kier alpha value is -2.08. The van der Waals surface area contributed by atoms with Gasteiger partial charge in [-0.05, 0) is 26.8 Å². The molecule has 0 aliphatic rings. The van der Waals surface area contributed by atoms with Crippen molar-refractivity contribution in [3.63, 3.8) is 0 Å². The average molecular weight is 295 g/mol. The molecule has 2 rings (SSSR count). The standard InChI is InChI=1S/C13H15ClN4O2/c1-6(11-7(2)18-20-8(11)3)17-13(19)9-4-10(14)12(15)16-5-9/h4-6H,1-3H3,(H2,15,16)(H,17,19). The molecule has 0 aliphatic heterocycles. The maximum absolute atomic E-state index is 12.1. The molecule has 0 radical (unpaired) electrons. The number of aryl methyl sites for hydroxylation is 2. The minimum Gasteiger partial charge on any atom is -0.382 e. The highest BCUT2D eigenvalue weighted by Gasteiger charge is 2.19. The van der Waals surface area contributed by atoms with Gasteiger partial charge in [0.1, 0.15) is 11.6 Å². The third-order valence-electron chi connectivity index (χ3n) is 3.00. The molecule has 3 N–H and O–H groups in total. The van der Waals surface area contributed by atoms with Gasteiger partial charge >= 0.3 is 0 Å². The van der Waals surface area contributed by atoms with Gasteiger partial charge in [0, 0.05) is 11.8 Å². The monoisotopic (exact) mass is 294 g/mol. The predicted octanol–water partition coefficient (Wildman–Crippen LogP) is 2.41. The molecule has 0 bridgehead atoms. The highest BCUT2D eigenvalue weighted by atomic mass is 35.5. The second-order valence-electron chi connectivity index (χ2n) is 4.52. The van der Waals surface area contributed by atoms with E-state index in [2.05, 4.69) is 15.5 Å². The lowest BCUT2D eigenvalue weighted by Gasteiger charge is -2.13. The molecule has 20 heavy (non-hydrogen) atoms. The molecule has 106 valence electrons. The van der Waals surface area contributed by atoms with Crippen LogP contribution in [0.25, 0.3) is 0 Å². The summed E-state index contributed by atoms with van der Waals surface area (Å²) in [6, 6.07) is 1.25. The van der Waals surface area contributed by atoms with Crippen LogP contribution >= 0.6 is 11.6 Å². The van der Waals surface area contributed by atoms with Crippen LogP contribution in [0.15, 0.2) is 16.8 Å². The molecule has 2 aromatic heterocycles. The first-order chi connectivity index (χ1) is 9.40. The molecule has 0 saturated carbocycles. The molecule has 2 aromatic rings. The Morgan fingerprint density at radius 1 is 1.50 bits per heavy atom. The van der Waals surface area contributed by atoms with Gasteiger partial charge in [0.05, 0.1) is 22.3 Å². The number of nitrogens with one attached hydrogen (secondary N) is 1. The number of anilines is 1. The largest absolute Gasteiger partial charge is 0.382 e. The topological polar surface area (TPSA) is 94.0 Å². The third-order valence-corrected chi connectivity index (χ3v) is 3.30. The number of nitrogens with two attached hydrogens (primary N) is 1. The quantitative estimate of drug-likeness (QED) is 0.906. The van der Waals surface area contributed by atoms with Crippen LogP contribution in [0.5, 0.6) is 0 Å². The molecule has 1 amide bonds. The van der Waals surface area contributed by atoms with E-state index in [1.807, 2.05) is 13.8 Å². The van der Waals surface area contributed by atoms with E-state index in [1.165, 1.54) is 12.3 Å². The van der Waals surface area contributed by atoms with Crippen LogP contribution in [0.3, 0.4) is 0 Å². The summed E-state index contributed by atoms with van der Waals surface area (Å²) in [5.74, 6) is 0.595. The van der Waals surface area contributed by atoms with Crippen molar-refractivity contribution in [1.29, 1.82) is 0 Å². The number of carbonyl (C=O) groups is 1. The summed E-state index contributed by atoms with van der Waals surface area (Å²) in [7, 11) is 0. The summed E-state index contributed by atoms with van der Waals surface area (Å²) in [5.41, 5.74) is 7.48. The Balaban J connectivity index is 2.17. The Kier molecular flexibility index (Phi) is 3.94. The van der Waals surface area contributed by atoms with E-state index in [0.29, 0.717) is 11.3 Å². The lowest BCUT2D eigenvalue weighted by molar-refractivity contribution is 0.0939. The minimum absolute atomic E-state index is 0.196. The molecule has 7 heteroatoms. The lowest BCUT2D eigenvalue weighted by Crippen LogP contribution is -2.27. The normalized spacial score (nSPS) is 12.2. The van der Waals surface area contributed by atoms with Crippen LogP contribution in [0, 0.1) is 13.8 Å². The summed E-state index contributed by atoms with van der Waals surface area (Å²) >= 11 is 5.85. The van der Waals surface area contributed by atoms with E-state index in [1.54, 1.807) is 6.92 Å². The maximum Gasteiger partial charge on any atom is 0.253 e. The van der Waals surface area contributed by atoms with Crippen LogP contribution in [0.2, 0.25) is 5.02 Å². The number of nitrogens with zero attached hydrogens (tertiary/aromatic N) is 2. The molecule has 6 nitrogen and oxygen atoms in total. The first kappa shape index (κ1) is 14.3. The van der Waals surface area contributed by atoms with E-state index in [4.69, 9.17) is 21.9 Å². The highest BCUT2D eigenvalue weighted by molar-refractivity contribution is 6.33. The van der Waals surface area contributed by atoms with E-state index in [-0.39, 0.29) is 22.8 Å². The Morgan fingerprint density at radius 2 is 2.20 bits per heavy atom. The van der Waals surface area contributed by atoms with Gasteiger partial charge in [-0.2, -0.15) is 0 Å². The number of hydrogen-bond donors (Lipinski definition) is 2. The molecule has 0 fully saturated rings. The number of aromatic nitrogens is 2.